The van der Waals surface area contributed by atoms with Crippen LogP contribution in [-0.2, 0) is 0 Å². The lowest BCUT2D eigenvalue weighted by molar-refractivity contribution is 0.0942. The highest BCUT2D eigenvalue weighted by Gasteiger charge is 2.28. The van der Waals surface area contributed by atoms with Crippen molar-refractivity contribution in [3.05, 3.63) is 29.3 Å². The molecular weight excluding hydrogens is 200 g/mol. The van der Waals surface area contributed by atoms with Crippen LogP contribution in [0.1, 0.15) is 48.5 Å². The minimum absolute atomic E-state index is 0.0110. The Kier molecular flexibility index (Phi) is 2.86. The van der Waals surface area contributed by atoms with Crippen LogP contribution >= 0.6 is 0 Å². The number of anilines is 1. The summed E-state index contributed by atoms with van der Waals surface area (Å²) in [6.07, 6.45) is 2.34. The van der Waals surface area contributed by atoms with E-state index in [0.717, 1.165) is 16.8 Å². The lowest BCUT2D eigenvalue weighted by Crippen LogP contribution is -2.30. The van der Waals surface area contributed by atoms with Crippen LogP contribution in [-0.4, -0.2) is 11.9 Å². The second-order valence-electron chi connectivity index (χ2n) is 4.75. The summed E-state index contributed by atoms with van der Waals surface area (Å²) in [4.78, 5) is 12.0. The Morgan fingerprint density at radius 1 is 1.44 bits per heavy atom. The fraction of sp³-hybridized carbons (Fsp3) is 0.462. The van der Waals surface area contributed by atoms with Crippen molar-refractivity contribution in [3.8, 4) is 0 Å². The first-order valence-corrected chi connectivity index (χ1v) is 5.78. The second-order valence-corrected chi connectivity index (χ2v) is 4.75. The van der Waals surface area contributed by atoms with Gasteiger partial charge in [-0.15, -0.1) is 0 Å². The van der Waals surface area contributed by atoms with Gasteiger partial charge in [0.2, 0.25) is 0 Å². The van der Waals surface area contributed by atoms with Gasteiger partial charge in [-0.3, -0.25) is 4.79 Å². The van der Waals surface area contributed by atoms with Gasteiger partial charge in [-0.25, -0.2) is 0 Å². The molecule has 1 aliphatic carbocycles. The average Bonchev–Trinajstić information content (AvgIpc) is 2.99. The number of nitrogens with two attached hydrogens (primary N) is 1. The summed E-state index contributed by atoms with van der Waals surface area (Å²) in [6, 6.07) is 5.73. The predicted octanol–water partition coefficient (Wildman–Crippen LogP) is 2.28. The molecule has 0 atom stereocenters. The summed E-state index contributed by atoms with van der Waals surface area (Å²) >= 11 is 0. The van der Waals surface area contributed by atoms with Gasteiger partial charge in [-0.1, -0.05) is 0 Å². The van der Waals surface area contributed by atoms with Crippen molar-refractivity contribution in [3.63, 3.8) is 0 Å². The number of nitrogen functional groups attached to an aromatic ring is 1. The Labute approximate surface area is 96.0 Å². The van der Waals surface area contributed by atoms with E-state index in [2.05, 4.69) is 5.32 Å². The molecule has 1 aromatic carbocycles. The molecule has 86 valence electrons. The molecule has 1 aromatic rings. The standard InChI is InChI=1S/C13H18N2O/c1-8(2)15-13(16)11-6-5-10(14)7-12(11)9-3-4-9/h5-9H,3-4,14H2,1-2H3,(H,15,16). The average molecular weight is 218 g/mol. The maximum absolute atomic E-state index is 12.0. The van der Waals surface area contributed by atoms with Gasteiger partial charge in [0.25, 0.3) is 5.91 Å². The summed E-state index contributed by atoms with van der Waals surface area (Å²) in [7, 11) is 0. The zero-order valence-corrected chi connectivity index (χ0v) is 9.79. The molecule has 3 nitrogen and oxygen atoms in total. The molecule has 3 N–H and O–H groups in total. The number of hydrogen-bond acceptors (Lipinski definition) is 2. The smallest absolute Gasteiger partial charge is 0.251 e. The molecule has 1 amide bonds. The molecule has 0 saturated heterocycles. The number of hydrogen-bond donors (Lipinski definition) is 2. The van der Waals surface area contributed by atoms with Gasteiger partial charge in [-0.05, 0) is 56.4 Å². The number of nitrogens with one attached hydrogen (secondary N) is 1. The first-order chi connectivity index (χ1) is 7.58. The molecule has 0 aromatic heterocycles. The molecule has 1 fully saturated rings. The van der Waals surface area contributed by atoms with Crippen molar-refractivity contribution in [2.75, 3.05) is 5.73 Å². The van der Waals surface area contributed by atoms with Gasteiger partial charge < -0.3 is 11.1 Å². The second kappa shape index (κ2) is 4.16. The third-order valence-electron chi connectivity index (χ3n) is 2.76. The van der Waals surface area contributed by atoms with Crippen molar-refractivity contribution < 1.29 is 4.79 Å². The molecule has 1 saturated carbocycles. The fourth-order valence-corrected chi connectivity index (χ4v) is 1.86. The van der Waals surface area contributed by atoms with E-state index in [-0.39, 0.29) is 11.9 Å². The molecule has 0 spiro atoms. The minimum atomic E-state index is 0.0110. The van der Waals surface area contributed by atoms with E-state index >= 15 is 0 Å². The van der Waals surface area contributed by atoms with Crippen molar-refractivity contribution in [1.29, 1.82) is 0 Å². The fourth-order valence-electron chi connectivity index (χ4n) is 1.86. The molecule has 2 rings (SSSR count). The number of benzene rings is 1. The van der Waals surface area contributed by atoms with Crippen LogP contribution in [0.5, 0.6) is 0 Å². The third kappa shape index (κ3) is 2.35. The Morgan fingerprint density at radius 2 is 2.12 bits per heavy atom. The first kappa shape index (κ1) is 11.0. The number of carbonyl (C=O) groups is 1. The van der Waals surface area contributed by atoms with Gasteiger partial charge in [0.15, 0.2) is 0 Å². The van der Waals surface area contributed by atoms with Crippen molar-refractivity contribution in [2.24, 2.45) is 0 Å². The molecule has 0 radical (unpaired) electrons. The summed E-state index contributed by atoms with van der Waals surface area (Å²) < 4.78 is 0. The van der Waals surface area contributed by atoms with Crippen LogP contribution in [0.4, 0.5) is 5.69 Å². The molecule has 0 aliphatic heterocycles. The van der Waals surface area contributed by atoms with Gasteiger partial charge >= 0.3 is 0 Å². The van der Waals surface area contributed by atoms with E-state index in [1.165, 1.54) is 12.8 Å². The van der Waals surface area contributed by atoms with E-state index in [1.54, 1.807) is 6.07 Å². The van der Waals surface area contributed by atoms with Crippen molar-refractivity contribution >= 4 is 11.6 Å². The quantitative estimate of drug-likeness (QED) is 0.765. The zero-order valence-electron chi connectivity index (χ0n) is 9.79. The lowest BCUT2D eigenvalue weighted by Gasteiger charge is -2.12. The van der Waals surface area contributed by atoms with E-state index in [0.29, 0.717) is 5.92 Å². The van der Waals surface area contributed by atoms with Crippen LogP contribution in [0.3, 0.4) is 0 Å². The third-order valence-corrected chi connectivity index (χ3v) is 2.76. The van der Waals surface area contributed by atoms with Gasteiger partial charge in [0, 0.05) is 17.3 Å². The molecule has 0 bridgehead atoms. The van der Waals surface area contributed by atoms with E-state index < -0.39 is 0 Å². The topological polar surface area (TPSA) is 55.1 Å². The summed E-state index contributed by atoms with van der Waals surface area (Å²) in [5.41, 5.74) is 8.39. The van der Waals surface area contributed by atoms with Crippen LogP contribution in [0, 0.1) is 0 Å². The van der Waals surface area contributed by atoms with Gasteiger partial charge in [-0.2, -0.15) is 0 Å². The molecular formula is C13H18N2O. The largest absolute Gasteiger partial charge is 0.399 e. The maximum atomic E-state index is 12.0. The molecule has 0 unspecified atom stereocenters. The lowest BCUT2D eigenvalue weighted by atomic mass is 10.0. The van der Waals surface area contributed by atoms with Gasteiger partial charge in [0.1, 0.15) is 0 Å². The zero-order chi connectivity index (χ0) is 11.7. The molecule has 0 heterocycles. The van der Waals surface area contributed by atoms with E-state index in [9.17, 15) is 4.79 Å². The SMILES string of the molecule is CC(C)NC(=O)c1ccc(N)cc1C1CC1. The number of amides is 1. The Hall–Kier alpha value is -1.51. The first-order valence-electron chi connectivity index (χ1n) is 5.78. The van der Waals surface area contributed by atoms with Crippen molar-refractivity contribution in [1.82, 2.24) is 5.32 Å². The summed E-state index contributed by atoms with van der Waals surface area (Å²) in [5, 5.41) is 2.92. The molecule has 3 heteroatoms. The number of carbonyl (C=O) groups excluding carboxylic acids is 1. The van der Waals surface area contributed by atoms with E-state index in [4.69, 9.17) is 5.73 Å². The highest BCUT2D eigenvalue weighted by atomic mass is 16.1. The summed E-state index contributed by atoms with van der Waals surface area (Å²) in [6.45, 7) is 3.93. The van der Waals surface area contributed by atoms with Crippen molar-refractivity contribution in [2.45, 2.75) is 38.6 Å². The summed E-state index contributed by atoms with van der Waals surface area (Å²) in [5.74, 6) is 0.549. The van der Waals surface area contributed by atoms with Crippen LogP contribution in [0.2, 0.25) is 0 Å². The Balaban J connectivity index is 2.28. The van der Waals surface area contributed by atoms with Gasteiger partial charge in [0.05, 0.1) is 0 Å². The van der Waals surface area contributed by atoms with Crippen LogP contribution in [0.15, 0.2) is 18.2 Å². The maximum Gasteiger partial charge on any atom is 0.251 e. The normalized spacial score (nSPS) is 15.2. The van der Waals surface area contributed by atoms with Crippen LogP contribution in [0.25, 0.3) is 0 Å². The molecule has 16 heavy (non-hydrogen) atoms. The minimum Gasteiger partial charge on any atom is -0.399 e. The van der Waals surface area contributed by atoms with Crippen LogP contribution < -0.4 is 11.1 Å². The highest BCUT2D eigenvalue weighted by Crippen LogP contribution is 2.42. The predicted molar refractivity (Wildman–Crippen MR) is 65.4 cm³/mol. The number of rotatable bonds is 3. The Bertz CT molecular complexity index is 408. The monoisotopic (exact) mass is 218 g/mol. The van der Waals surface area contributed by atoms with E-state index in [1.807, 2.05) is 26.0 Å². The highest BCUT2D eigenvalue weighted by molar-refractivity contribution is 5.96. The molecule has 1 aliphatic rings. The Morgan fingerprint density at radius 3 is 2.69 bits per heavy atom.